The van der Waals surface area contributed by atoms with Crippen LogP contribution in [0.15, 0.2) is 24.3 Å². The SMILES string of the molecule is O=C(Cc1ccccc1Cl)NC1CC(O)C(CO)C1. The Balaban J connectivity index is 1.87. The normalized spacial score (nSPS) is 26.4. The van der Waals surface area contributed by atoms with Crippen LogP contribution in [0.4, 0.5) is 0 Å². The second-order valence-corrected chi connectivity index (χ2v) is 5.42. The number of hydrogen-bond donors (Lipinski definition) is 3. The fourth-order valence-electron chi connectivity index (χ4n) is 2.51. The van der Waals surface area contributed by atoms with Crippen molar-refractivity contribution in [2.45, 2.75) is 31.4 Å². The van der Waals surface area contributed by atoms with E-state index in [0.29, 0.717) is 17.9 Å². The van der Waals surface area contributed by atoms with Gasteiger partial charge in [-0.15, -0.1) is 0 Å². The first-order valence-corrected chi connectivity index (χ1v) is 6.79. The lowest BCUT2D eigenvalue weighted by atomic mass is 10.1. The van der Waals surface area contributed by atoms with Crippen molar-refractivity contribution in [3.63, 3.8) is 0 Å². The first-order chi connectivity index (χ1) is 9.10. The fraction of sp³-hybridized carbons (Fsp3) is 0.500. The Morgan fingerprint density at radius 2 is 2.11 bits per heavy atom. The number of hydrogen-bond acceptors (Lipinski definition) is 3. The van der Waals surface area contributed by atoms with Crippen molar-refractivity contribution < 1.29 is 15.0 Å². The van der Waals surface area contributed by atoms with Crippen LogP contribution in [0.25, 0.3) is 0 Å². The Bertz CT molecular complexity index is 452. The van der Waals surface area contributed by atoms with Gasteiger partial charge in [-0.1, -0.05) is 29.8 Å². The van der Waals surface area contributed by atoms with Crippen LogP contribution in [-0.2, 0) is 11.2 Å². The van der Waals surface area contributed by atoms with Gasteiger partial charge in [0.2, 0.25) is 5.91 Å². The van der Waals surface area contributed by atoms with Gasteiger partial charge in [0.25, 0.3) is 0 Å². The molecule has 1 aliphatic carbocycles. The highest BCUT2D eigenvalue weighted by Crippen LogP contribution is 2.25. The number of carbonyl (C=O) groups is 1. The van der Waals surface area contributed by atoms with Gasteiger partial charge in [-0.3, -0.25) is 4.79 Å². The van der Waals surface area contributed by atoms with Crippen molar-refractivity contribution >= 4 is 17.5 Å². The molecule has 3 N–H and O–H groups in total. The van der Waals surface area contributed by atoms with Gasteiger partial charge in [-0.25, -0.2) is 0 Å². The number of benzene rings is 1. The molecule has 1 saturated carbocycles. The molecule has 0 aromatic heterocycles. The topological polar surface area (TPSA) is 69.6 Å². The molecule has 1 aliphatic rings. The van der Waals surface area contributed by atoms with Gasteiger partial charge in [-0.05, 0) is 24.5 Å². The minimum atomic E-state index is -0.532. The van der Waals surface area contributed by atoms with E-state index in [1.54, 1.807) is 6.07 Å². The second-order valence-electron chi connectivity index (χ2n) is 5.01. The molecule has 3 unspecified atom stereocenters. The Labute approximate surface area is 117 Å². The zero-order valence-electron chi connectivity index (χ0n) is 10.6. The number of carbonyl (C=O) groups excluding carboxylic acids is 1. The quantitative estimate of drug-likeness (QED) is 0.776. The third kappa shape index (κ3) is 3.69. The second kappa shape index (κ2) is 6.37. The highest BCUT2D eigenvalue weighted by molar-refractivity contribution is 6.31. The average molecular weight is 284 g/mol. The standard InChI is InChI=1S/C14H18ClNO3/c15-12-4-2-1-3-9(12)6-14(19)16-11-5-10(8-17)13(18)7-11/h1-4,10-11,13,17-18H,5-8H2,(H,16,19). The molecule has 4 nitrogen and oxygen atoms in total. The lowest BCUT2D eigenvalue weighted by Gasteiger charge is -2.12. The van der Waals surface area contributed by atoms with E-state index < -0.39 is 6.10 Å². The number of halogens is 1. The first kappa shape index (κ1) is 14.3. The largest absolute Gasteiger partial charge is 0.396 e. The smallest absolute Gasteiger partial charge is 0.224 e. The predicted molar refractivity (Wildman–Crippen MR) is 72.9 cm³/mol. The van der Waals surface area contributed by atoms with Gasteiger partial charge < -0.3 is 15.5 Å². The van der Waals surface area contributed by atoms with E-state index in [9.17, 15) is 9.90 Å². The third-order valence-corrected chi connectivity index (χ3v) is 3.93. The summed E-state index contributed by atoms with van der Waals surface area (Å²) in [4.78, 5) is 11.9. The fourth-order valence-corrected chi connectivity index (χ4v) is 2.71. The Morgan fingerprint density at radius 3 is 2.74 bits per heavy atom. The molecule has 104 valence electrons. The van der Waals surface area contributed by atoms with E-state index in [0.717, 1.165) is 5.56 Å². The molecule has 5 heteroatoms. The summed E-state index contributed by atoms with van der Waals surface area (Å²) in [5.74, 6) is -0.241. The number of amides is 1. The minimum Gasteiger partial charge on any atom is -0.396 e. The van der Waals surface area contributed by atoms with Gasteiger partial charge in [0.15, 0.2) is 0 Å². The summed E-state index contributed by atoms with van der Waals surface area (Å²) in [7, 11) is 0. The number of nitrogens with one attached hydrogen (secondary N) is 1. The molecule has 19 heavy (non-hydrogen) atoms. The average Bonchev–Trinajstić information content (AvgIpc) is 2.72. The summed E-state index contributed by atoms with van der Waals surface area (Å²) in [5, 5.41) is 22.2. The maximum atomic E-state index is 11.9. The summed E-state index contributed by atoms with van der Waals surface area (Å²) in [6.45, 7) is -0.0436. The molecule has 1 aromatic rings. The molecule has 0 saturated heterocycles. The first-order valence-electron chi connectivity index (χ1n) is 6.42. The number of aliphatic hydroxyl groups excluding tert-OH is 2. The van der Waals surface area contributed by atoms with Crippen LogP contribution in [0.5, 0.6) is 0 Å². The van der Waals surface area contributed by atoms with E-state index in [2.05, 4.69) is 5.32 Å². The minimum absolute atomic E-state index is 0.0436. The van der Waals surface area contributed by atoms with Crippen molar-refractivity contribution in [2.24, 2.45) is 5.92 Å². The zero-order chi connectivity index (χ0) is 13.8. The summed E-state index contributed by atoms with van der Waals surface area (Å²) in [6, 6.07) is 7.17. The maximum absolute atomic E-state index is 11.9. The van der Waals surface area contributed by atoms with Gasteiger partial charge >= 0.3 is 0 Å². The number of rotatable bonds is 4. The lowest BCUT2D eigenvalue weighted by molar-refractivity contribution is -0.121. The molecule has 0 radical (unpaired) electrons. The molecule has 3 atom stereocenters. The molecule has 1 aromatic carbocycles. The molecule has 1 amide bonds. The molecular formula is C14H18ClNO3. The van der Waals surface area contributed by atoms with E-state index in [4.69, 9.17) is 16.7 Å². The number of aliphatic hydroxyl groups is 2. The van der Waals surface area contributed by atoms with Crippen LogP contribution in [0.2, 0.25) is 5.02 Å². The Kier molecular flexibility index (Phi) is 4.80. The molecule has 0 heterocycles. The van der Waals surface area contributed by atoms with Crippen LogP contribution in [0, 0.1) is 5.92 Å². The molecule has 0 aliphatic heterocycles. The zero-order valence-corrected chi connectivity index (χ0v) is 11.3. The van der Waals surface area contributed by atoms with Crippen molar-refractivity contribution in [3.8, 4) is 0 Å². The van der Waals surface area contributed by atoms with E-state index in [1.165, 1.54) is 0 Å². The Hall–Kier alpha value is -1.10. The summed E-state index contributed by atoms with van der Waals surface area (Å²) < 4.78 is 0. The Morgan fingerprint density at radius 1 is 1.37 bits per heavy atom. The van der Waals surface area contributed by atoms with Crippen LogP contribution in [0.3, 0.4) is 0 Å². The van der Waals surface area contributed by atoms with Crippen LogP contribution in [-0.4, -0.2) is 34.9 Å². The van der Waals surface area contributed by atoms with Crippen LogP contribution < -0.4 is 5.32 Å². The van der Waals surface area contributed by atoms with Crippen molar-refractivity contribution in [1.82, 2.24) is 5.32 Å². The lowest BCUT2D eigenvalue weighted by Crippen LogP contribution is -2.34. The van der Waals surface area contributed by atoms with E-state index >= 15 is 0 Å². The van der Waals surface area contributed by atoms with Crippen molar-refractivity contribution in [2.75, 3.05) is 6.61 Å². The summed E-state index contributed by atoms with van der Waals surface area (Å²) >= 11 is 6.00. The highest BCUT2D eigenvalue weighted by atomic mass is 35.5. The van der Waals surface area contributed by atoms with Crippen LogP contribution in [0.1, 0.15) is 18.4 Å². The predicted octanol–water partition coefficient (Wildman–Crippen LogP) is 1.13. The van der Waals surface area contributed by atoms with E-state index in [-0.39, 0.29) is 30.9 Å². The highest BCUT2D eigenvalue weighted by Gasteiger charge is 2.33. The third-order valence-electron chi connectivity index (χ3n) is 3.57. The van der Waals surface area contributed by atoms with Gasteiger partial charge in [-0.2, -0.15) is 0 Å². The van der Waals surface area contributed by atoms with Gasteiger partial charge in [0.05, 0.1) is 12.5 Å². The summed E-state index contributed by atoms with van der Waals surface area (Å²) in [6.07, 6.45) is 0.817. The maximum Gasteiger partial charge on any atom is 0.224 e. The van der Waals surface area contributed by atoms with Crippen molar-refractivity contribution in [1.29, 1.82) is 0 Å². The van der Waals surface area contributed by atoms with Crippen molar-refractivity contribution in [3.05, 3.63) is 34.9 Å². The van der Waals surface area contributed by atoms with Crippen LogP contribution >= 0.6 is 11.6 Å². The molecule has 0 spiro atoms. The van der Waals surface area contributed by atoms with Gasteiger partial charge in [0.1, 0.15) is 0 Å². The molecule has 2 rings (SSSR count). The molecule has 0 bridgehead atoms. The summed E-state index contributed by atoms with van der Waals surface area (Å²) in [5.41, 5.74) is 0.791. The molecular weight excluding hydrogens is 266 g/mol. The molecule has 1 fully saturated rings. The monoisotopic (exact) mass is 283 g/mol. The van der Waals surface area contributed by atoms with Gasteiger partial charge in [0, 0.05) is 23.6 Å². The van der Waals surface area contributed by atoms with E-state index in [1.807, 2.05) is 18.2 Å².